The molecule has 0 saturated heterocycles. The van der Waals surface area contributed by atoms with Crippen molar-refractivity contribution in [1.82, 2.24) is 0 Å². The second-order valence-corrected chi connectivity index (χ2v) is 11.9. The Kier molecular flexibility index (Phi) is 4.28. The van der Waals surface area contributed by atoms with Gasteiger partial charge < -0.3 is 5.11 Å². The van der Waals surface area contributed by atoms with Gasteiger partial charge in [-0.05, 0) is 117 Å². The normalized spacial score (nSPS) is 54.2. The standard InChI is InChI=1S/C25H42O/c1-7-23(4)13-11-21-19-9-8-18-16-17(22(2,3)26)10-14-24(18,5)20(19)12-15-25(21,23)6/h7,17-21,26H,1,8-16H2,2-6H3. The SMILES string of the molecule is C=CC1(C)CCC2C3CCC4CC(C(C)(C)O)CCC4(C)C3CCC21C. The van der Waals surface area contributed by atoms with Crippen LogP contribution in [-0.4, -0.2) is 10.7 Å². The molecule has 0 heterocycles. The molecule has 0 aromatic rings. The Labute approximate surface area is 162 Å². The predicted octanol–water partition coefficient (Wildman–Crippen LogP) is 6.61. The Morgan fingerprint density at radius 3 is 2.27 bits per heavy atom. The van der Waals surface area contributed by atoms with E-state index in [0.29, 0.717) is 22.2 Å². The minimum absolute atomic E-state index is 0.346. The van der Waals surface area contributed by atoms with E-state index in [1.807, 2.05) is 13.8 Å². The van der Waals surface area contributed by atoms with Crippen LogP contribution in [0.3, 0.4) is 0 Å². The zero-order valence-corrected chi connectivity index (χ0v) is 18.0. The van der Waals surface area contributed by atoms with E-state index in [2.05, 4.69) is 33.4 Å². The molecule has 1 heteroatoms. The molecule has 4 rings (SSSR count). The highest BCUT2D eigenvalue weighted by Crippen LogP contribution is 2.70. The monoisotopic (exact) mass is 358 g/mol. The topological polar surface area (TPSA) is 20.2 Å². The number of aliphatic hydroxyl groups is 1. The van der Waals surface area contributed by atoms with Crippen molar-refractivity contribution in [3.63, 3.8) is 0 Å². The van der Waals surface area contributed by atoms with E-state index in [4.69, 9.17) is 0 Å². The zero-order chi connectivity index (χ0) is 19.0. The van der Waals surface area contributed by atoms with E-state index < -0.39 is 5.60 Å². The summed E-state index contributed by atoms with van der Waals surface area (Å²) in [5.74, 6) is 4.12. The summed E-state index contributed by atoms with van der Waals surface area (Å²) in [6, 6.07) is 0. The highest BCUT2D eigenvalue weighted by Gasteiger charge is 2.62. The number of rotatable bonds is 2. The van der Waals surface area contributed by atoms with Crippen molar-refractivity contribution in [2.75, 3.05) is 0 Å². The Morgan fingerprint density at radius 1 is 0.923 bits per heavy atom. The fourth-order valence-electron chi connectivity index (χ4n) is 8.54. The Balaban J connectivity index is 1.59. The first kappa shape index (κ1) is 19.0. The molecule has 1 nitrogen and oxygen atoms in total. The maximum absolute atomic E-state index is 10.6. The van der Waals surface area contributed by atoms with Crippen molar-refractivity contribution in [1.29, 1.82) is 0 Å². The molecule has 4 fully saturated rings. The fourth-order valence-corrected chi connectivity index (χ4v) is 8.54. The lowest BCUT2D eigenvalue weighted by atomic mass is 9.43. The number of allylic oxidation sites excluding steroid dienone is 1. The molecule has 0 spiro atoms. The first-order chi connectivity index (χ1) is 12.1. The Hall–Kier alpha value is -0.300. The van der Waals surface area contributed by atoms with Gasteiger partial charge in [0.1, 0.15) is 0 Å². The van der Waals surface area contributed by atoms with Crippen LogP contribution in [0.1, 0.15) is 92.4 Å². The van der Waals surface area contributed by atoms with Crippen LogP contribution in [0.4, 0.5) is 0 Å². The molecule has 0 amide bonds. The highest BCUT2D eigenvalue weighted by atomic mass is 16.3. The lowest BCUT2D eigenvalue weighted by Gasteiger charge is -2.62. The van der Waals surface area contributed by atoms with Gasteiger partial charge >= 0.3 is 0 Å². The van der Waals surface area contributed by atoms with Crippen LogP contribution in [0, 0.1) is 45.8 Å². The van der Waals surface area contributed by atoms with Gasteiger partial charge in [0.15, 0.2) is 0 Å². The second kappa shape index (κ2) is 5.85. The third-order valence-corrected chi connectivity index (χ3v) is 10.8. The number of fused-ring (bicyclic) bond motifs is 5. The zero-order valence-electron chi connectivity index (χ0n) is 18.0. The summed E-state index contributed by atoms with van der Waals surface area (Å²) < 4.78 is 0. The van der Waals surface area contributed by atoms with Gasteiger partial charge in [-0.15, -0.1) is 6.58 Å². The molecule has 8 atom stereocenters. The predicted molar refractivity (Wildman–Crippen MR) is 110 cm³/mol. The lowest BCUT2D eigenvalue weighted by Crippen LogP contribution is -2.55. The van der Waals surface area contributed by atoms with Crippen molar-refractivity contribution < 1.29 is 5.11 Å². The summed E-state index contributed by atoms with van der Waals surface area (Å²) in [4.78, 5) is 0. The van der Waals surface area contributed by atoms with E-state index in [-0.39, 0.29) is 0 Å². The van der Waals surface area contributed by atoms with Crippen LogP contribution < -0.4 is 0 Å². The van der Waals surface area contributed by atoms with E-state index in [1.165, 1.54) is 57.8 Å². The van der Waals surface area contributed by atoms with Crippen LogP contribution in [0.25, 0.3) is 0 Å². The largest absolute Gasteiger partial charge is 0.390 e. The molecule has 0 aromatic carbocycles. The maximum atomic E-state index is 10.6. The summed E-state index contributed by atoms with van der Waals surface area (Å²) in [7, 11) is 0. The average Bonchev–Trinajstić information content (AvgIpc) is 2.85. The van der Waals surface area contributed by atoms with Crippen molar-refractivity contribution in [3.8, 4) is 0 Å². The molecular weight excluding hydrogens is 316 g/mol. The molecule has 0 bridgehead atoms. The van der Waals surface area contributed by atoms with Gasteiger partial charge in [-0.3, -0.25) is 0 Å². The highest BCUT2D eigenvalue weighted by molar-refractivity contribution is 5.16. The molecule has 8 unspecified atom stereocenters. The average molecular weight is 359 g/mol. The number of hydrogen-bond acceptors (Lipinski definition) is 1. The second-order valence-electron chi connectivity index (χ2n) is 11.9. The van der Waals surface area contributed by atoms with Gasteiger partial charge in [-0.25, -0.2) is 0 Å². The maximum Gasteiger partial charge on any atom is 0.0619 e. The van der Waals surface area contributed by atoms with Crippen LogP contribution in [0.2, 0.25) is 0 Å². The molecule has 148 valence electrons. The molecule has 0 aromatic heterocycles. The molecule has 4 aliphatic rings. The van der Waals surface area contributed by atoms with Crippen LogP contribution in [-0.2, 0) is 0 Å². The van der Waals surface area contributed by atoms with Crippen LogP contribution in [0.5, 0.6) is 0 Å². The van der Waals surface area contributed by atoms with Gasteiger partial charge in [-0.2, -0.15) is 0 Å². The van der Waals surface area contributed by atoms with Crippen molar-refractivity contribution in [3.05, 3.63) is 12.7 Å². The van der Waals surface area contributed by atoms with Crippen LogP contribution in [0.15, 0.2) is 12.7 Å². The Morgan fingerprint density at radius 2 is 1.62 bits per heavy atom. The van der Waals surface area contributed by atoms with E-state index in [0.717, 1.165) is 23.7 Å². The third-order valence-electron chi connectivity index (χ3n) is 10.8. The summed E-state index contributed by atoms with van der Waals surface area (Å²) in [6.07, 6.45) is 14.6. The summed E-state index contributed by atoms with van der Waals surface area (Å²) in [6.45, 7) is 16.0. The van der Waals surface area contributed by atoms with E-state index in [1.54, 1.807) is 0 Å². The van der Waals surface area contributed by atoms with Crippen molar-refractivity contribution in [2.24, 2.45) is 45.8 Å². The van der Waals surface area contributed by atoms with E-state index in [9.17, 15) is 5.11 Å². The van der Waals surface area contributed by atoms with Gasteiger partial charge in [-0.1, -0.05) is 26.8 Å². The lowest BCUT2D eigenvalue weighted by molar-refractivity contribution is -0.138. The van der Waals surface area contributed by atoms with Gasteiger partial charge in [0.2, 0.25) is 0 Å². The summed E-state index contributed by atoms with van der Waals surface area (Å²) >= 11 is 0. The third kappa shape index (κ3) is 2.44. The van der Waals surface area contributed by atoms with Crippen LogP contribution >= 0.6 is 0 Å². The molecular formula is C25H42O. The molecule has 0 radical (unpaired) electrons. The minimum atomic E-state index is -0.499. The molecule has 4 aliphatic carbocycles. The number of hydrogen-bond donors (Lipinski definition) is 1. The quantitative estimate of drug-likeness (QED) is 0.551. The van der Waals surface area contributed by atoms with Gasteiger partial charge in [0.25, 0.3) is 0 Å². The molecule has 1 N–H and O–H groups in total. The summed E-state index contributed by atoms with van der Waals surface area (Å²) in [5.41, 5.74) is 0.849. The molecule has 4 saturated carbocycles. The van der Waals surface area contributed by atoms with Gasteiger partial charge in [0, 0.05) is 0 Å². The Bertz CT molecular complexity index is 573. The first-order valence-electron chi connectivity index (χ1n) is 11.4. The minimum Gasteiger partial charge on any atom is -0.390 e. The van der Waals surface area contributed by atoms with Gasteiger partial charge in [0.05, 0.1) is 5.60 Å². The first-order valence-corrected chi connectivity index (χ1v) is 11.4. The van der Waals surface area contributed by atoms with Crippen molar-refractivity contribution in [2.45, 2.75) is 98.0 Å². The fraction of sp³-hybridized carbons (Fsp3) is 0.920. The molecule has 26 heavy (non-hydrogen) atoms. The van der Waals surface area contributed by atoms with Crippen molar-refractivity contribution >= 4 is 0 Å². The van der Waals surface area contributed by atoms with E-state index >= 15 is 0 Å². The molecule has 0 aliphatic heterocycles. The smallest absolute Gasteiger partial charge is 0.0619 e. The summed E-state index contributed by atoms with van der Waals surface area (Å²) in [5, 5.41) is 10.6.